The van der Waals surface area contributed by atoms with Crippen molar-refractivity contribution in [2.24, 2.45) is 11.8 Å². The summed E-state index contributed by atoms with van der Waals surface area (Å²) in [5.74, 6) is 1.58. The largest absolute Gasteiger partial charge is 0.387 e. The van der Waals surface area contributed by atoms with Crippen molar-refractivity contribution < 1.29 is 9.90 Å². The van der Waals surface area contributed by atoms with E-state index < -0.39 is 6.61 Å². The van der Waals surface area contributed by atoms with Crippen LogP contribution in [-0.2, 0) is 11.2 Å². The molecule has 0 aromatic carbocycles. The summed E-state index contributed by atoms with van der Waals surface area (Å²) < 4.78 is 0. The van der Waals surface area contributed by atoms with E-state index in [0.29, 0.717) is 11.8 Å². The van der Waals surface area contributed by atoms with E-state index in [-0.39, 0.29) is 11.9 Å². The second-order valence-corrected chi connectivity index (χ2v) is 6.39. The van der Waals surface area contributed by atoms with Gasteiger partial charge in [-0.05, 0) is 37.7 Å². The van der Waals surface area contributed by atoms with Crippen molar-refractivity contribution in [3.05, 3.63) is 17.5 Å². The molecular weight excluding hydrogens is 280 g/mol. The summed E-state index contributed by atoms with van der Waals surface area (Å²) in [4.78, 5) is 22.8. The molecule has 2 aliphatic rings. The van der Waals surface area contributed by atoms with Crippen LogP contribution >= 0.6 is 0 Å². The minimum Gasteiger partial charge on any atom is -0.387 e. The molecule has 2 N–H and O–H groups in total. The Morgan fingerprint density at radius 2 is 2.23 bits per heavy atom. The van der Waals surface area contributed by atoms with Gasteiger partial charge in [-0.25, -0.2) is 9.97 Å². The number of carbonyl (C=O) groups excluding carboxylic acids is 1. The molecule has 6 heteroatoms. The number of aliphatic hydroxyl groups is 1. The number of carbonyl (C=O) groups is 1. The minimum atomic E-state index is -0.450. The number of anilines is 1. The highest BCUT2D eigenvalue weighted by Gasteiger charge is 2.43. The van der Waals surface area contributed by atoms with Crippen molar-refractivity contribution in [1.82, 2.24) is 15.3 Å². The summed E-state index contributed by atoms with van der Waals surface area (Å²) in [5, 5.41) is 11.9. The number of nitrogens with one attached hydrogen (secondary N) is 1. The quantitative estimate of drug-likeness (QED) is 0.836. The maximum absolute atomic E-state index is 11.5. The zero-order valence-corrected chi connectivity index (χ0v) is 13.2. The molecule has 2 atom stereocenters. The molecule has 2 heterocycles. The number of nitrogens with zero attached hydrogens (tertiary/aromatic N) is 3. The Morgan fingerprint density at radius 1 is 1.45 bits per heavy atom. The molecule has 0 spiro atoms. The lowest BCUT2D eigenvalue weighted by Crippen LogP contribution is -2.42. The van der Waals surface area contributed by atoms with Gasteiger partial charge in [0.25, 0.3) is 0 Å². The number of aromatic nitrogens is 2. The highest BCUT2D eigenvalue weighted by Crippen LogP contribution is 2.42. The van der Waals surface area contributed by atoms with E-state index in [1.807, 2.05) is 13.1 Å². The standard InChI is InChI=1S/C16H24N4O2/c1-3-13-10(2)6-17-16(19-13)20-7-12(11-4-5-11)14(8-20)18-15(22)9-21/h6,11-12,14,21H,3-5,7-9H2,1-2H3,(H,18,22)/t12-,14+/m0/s1. The van der Waals surface area contributed by atoms with Gasteiger partial charge in [0, 0.05) is 30.9 Å². The molecule has 6 nitrogen and oxygen atoms in total. The Kier molecular flexibility index (Phi) is 4.29. The fourth-order valence-electron chi connectivity index (χ4n) is 3.38. The molecule has 2 fully saturated rings. The predicted octanol–water partition coefficient (Wildman–Crippen LogP) is 0.671. The van der Waals surface area contributed by atoms with E-state index in [1.165, 1.54) is 12.8 Å². The summed E-state index contributed by atoms with van der Waals surface area (Å²) in [6.45, 7) is 5.28. The van der Waals surface area contributed by atoms with E-state index >= 15 is 0 Å². The number of hydrogen-bond donors (Lipinski definition) is 2. The second kappa shape index (κ2) is 6.20. The van der Waals surface area contributed by atoms with E-state index in [1.54, 1.807) is 0 Å². The maximum Gasteiger partial charge on any atom is 0.245 e. The topological polar surface area (TPSA) is 78.4 Å². The molecule has 1 aliphatic carbocycles. The molecule has 0 bridgehead atoms. The predicted molar refractivity (Wildman–Crippen MR) is 83.6 cm³/mol. The van der Waals surface area contributed by atoms with Crippen molar-refractivity contribution in [2.75, 3.05) is 24.6 Å². The van der Waals surface area contributed by atoms with Crippen LogP contribution in [0.5, 0.6) is 0 Å². The summed E-state index contributed by atoms with van der Waals surface area (Å²) in [7, 11) is 0. The summed E-state index contributed by atoms with van der Waals surface area (Å²) >= 11 is 0. The number of aryl methyl sites for hydroxylation is 2. The zero-order valence-electron chi connectivity index (χ0n) is 13.2. The van der Waals surface area contributed by atoms with Gasteiger partial charge in [0.1, 0.15) is 6.61 Å². The number of aliphatic hydroxyl groups excluding tert-OH is 1. The lowest BCUT2D eigenvalue weighted by molar-refractivity contribution is -0.124. The molecule has 0 unspecified atom stereocenters. The third-order valence-corrected chi connectivity index (χ3v) is 4.76. The van der Waals surface area contributed by atoms with Crippen LogP contribution in [0.2, 0.25) is 0 Å². The van der Waals surface area contributed by atoms with Crippen LogP contribution < -0.4 is 10.2 Å². The zero-order chi connectivity index (χ0) is 15.7. The second-order valence-electron chi connectivity index (χ2n) is 6.39. The van der Waals surface area contributed by atoms with E-state index in [2.05, 4.69) is 27.1 Å². The van der Waals surface area contributed by atoms with E-state index in [9.17, 15) is 4.79 Å². The van der Waals surface area contributed by atoms with Gasteiger partial charge in [0.05, 0.1) is 6.04 Å². The van der Waals surface area contributed by atoms with Gasteiger partial charge < -0.3 is 15.3 Å². The number of amides is 1. The van der Waals surface area contributed by atoms with Crippen molar-refractivity contribution in [1.29, 1.82) is 0 Å². The van der Waals surface area contributed by atoms with Gasteiger partial charge in [0.15, 0.2) is 0 Å². The minimum absolute atomic E-state index is 0.0853. The third kappa shape index (κ3) is 3.06. The third-order valence-electron chi connectivity index (χ3n) is 4.76. The van der Waals surface area contributed by atoms with Gasteiger partial charge in [0.2, 0.25) is 11.9 Å². The molecule has 1 aromatic heterocycles. The van der Waals surface area contributed by atoms with Crippen molar-refractivity contribution >= 4 is 11.9 Å². The first kappa shape index (κ1) is 15.2. The first-order chi connectivity index (χ1) is 10.6. The average Bonchev–Trinajstić information content (AvgIpc) is 3.29. The van der Waals surface area contributed by atoms with Gasteiger partial charge in [-0.15, -0.1) is 0 Å². The summed E-state index contributed by atoms with van der Waals surface area (Å²) in [5.41, 5.74) is 2.20. The molecule has 1 aliphatic heterocycles. The van der Waals surface area contributed by atoms with Crippen LogP contribution in [0, 0.1) is 18.8 Å². The van der Waals surface area contributed by atoms with Crippen LogP contribution in [0.15, 0.2) is 6.20 Å². The van der Waals surface area contributed by atoms with Crippen LogP contribution in [0.3, 0.4) is 0 Å². The first-order valence-electron chi connectivity index (χ1n) is 8.10. The number of rotatable bonds is 5. The van der Waals surface area contributed by atoms with Gasteiger partial charge in [-0.3, -0.25) is 4.79 Å². The van der Waals surface area contributed by atoms with E-state index in [0.717, 1.165) is 36.7 Å². The van der Waals surface area contributed by atoms with Crippen LogP contribution in [-0.4, -0.2) is 46.7 Å². The number of hydrogen-bond acceptors (Lipinski definition) is 5. The van der Waals surface area contributed by atoms with Crippen LogP contribution in [0.25, 0.3) is 0 Å². The highest BCUT2D eigenvalue weighted by atomic mass is 16.3. The molecule has 1 aromatic rings. The Hall–Kier alpha value is -1.69. The molecule has 120 valence electrons. The van der Waals surface area contributed by atoms with Gasteiger partial charge in [-0.2, -0.15) is 0 Å². The monoisotopic (exact) mass is 304 g/mol. The van der Waals surface area contributed by atoms with Crippen LogP contribution in [0.1, 0.15) is 31.0 Å². The summed E-state index contributed by atoms with van der Waals surface area (Å²) in [6.07, 6.45) is 5.25. The molecule has 1 amide bonds. The smallest absolute Gasteiger partial charge is 0.245 e. The lowest BCUT2D eigenvalue weighted by Gasteiger charge is -2.18. The molecule has 22 heavy (non-hydrogen) atoms. The Labute approximate surface area is 131 Å². The van der Waals surface area contributed by atoms with Crippen molar-refractivity contribution in [3.63, 3.8) is 0 Å². The molecule has 0 radical (unpaired) electrons. The molecule has 3 rings (SSSR count). The van der Waals surface area contributed by atoms with Gasteiger partial charge in [-0.1, -0.05) is 6.92 Å². The Balaban J connectivity index is 1.76. The fraction of sp³-hybridized carbons (Fsp3) is 0.688. The molecule has 1 saturated heterocycles. The van der Waals surface area contributed by atoms with Crippen molar-refractivity contribution in [3.8, 4) is 0 Å². The lowest BCUT2D eigenvalue weighted by atomic mass is 9.98. The van der Waals surface area contributed by atoms with E-state index in [4.69, 9.17) is 5.11 Å². The maximum atomic E-state index is 11.5. The SMILES string of the molecule is CCc1nc(N2C[C@@H](NC(=O)CO)[C@H](C3CC3)C2)ncc1C. The van der Waals surface area contributed by atoms with Crippen LogP contribution in [0.4, 0.5) is 5.95 Å². The highest BCUT2D eigenvalue weighted by molar-refractivity contribution is 5.77. The Bertz CT molecular complexity index is 559. The Morgan fingerprint density at radius 3 is 2.86 bits per heavy atom. The fourth-order valence-corrected chi connectivity index (χ4v) is 3.38. The molecular formula is C16H24N4O2. The average molecular weight is 304 g/mol. The first-order valence-corrected chi connectivity index (χ1v) is 8.10. The van der Waals surface area contributed by atoms with Gasteiger partial charge >= 0.3 is 0 Å². The summed E-state index contributed by atoms with van der Waals surface area (Å²) in [6, 6.07) is 0.0853. The normalized spacial score (nSPS) is 24.6. The molecule has 1 saturated carbocycles. The van der Waals surface area contributed by atoms with Crippen molar-refractivity contribution in [2.45, 2.75) is 39.2 Å².